The third kappa shape index (κ3) is 5.96. The molecule has 7 heteroatoms. The predicted octanol–water partition coefficient (Wildman–Crippen LogP) is 3.25. The molecular formula is C22H26N2O5. The number of aliphatic hydroxyl groups is 1. The minimum absolute atomic E-state index is 0.144. The van der Waals surface area contributed by atoms with E-state index in [1.54, 1.807) is 4.90 Å². The van der Waals surface area contributed by atoms with Gasteiger partial charge in [-0.2, -0.15) is 0 Å². The van der Waals surface area contributed by atoms with Crippen molar-refractivity contribution in [2.24, 2.45) is 0 Å². The number of hydrogen-bond acceptors (Lipinski definition) is 5. The zero-order valence-electron chi connectivity index (χ0n) is 16.2. The average molecular weight is 398 g/mol. The number of amides is 2. The number of piperidine rings is 1. The number of nitrogens with one attached hydrogen (secondary N) is 1. The molecule has 1 fully saturated rings. The summed E-state index contributed by atoms with van der Waals surface area (Å²) in [5.41, 5.74) is 1.89. The van der Waals surface area contributed by atoms with Crippen LogP contribution < -0.4 is 5.32 Å². The van der Waals surface area contributed by atoms with Crippen LogP contribution in [0.15, 0.2) is 60.7 Å². The van der Waals surface area contributed by atoms with Gasteiger partial charge in [0.2, 0.25) is 0 Å². The highest BCUT2D eigenvalue weighted by molar-refractivity contribution is 5.69. The molecule has 3 rings (SSSR count). The third-order valence-electron chi connectivity index (χ3n) is 4.83. The van der Waals surface area contributed by atoms with Gasteiger partial charge in [0, 0.05) is 25.9 Å². The molecule has 154 valence electrons. The second-order valence-electron chi connectivity index (χ2n) is 6.86. The summed E-state index contributed by atoms with van der Waals surface area (Å²) < 4.78 is 11.0. The number of ether oxygens (including phenoxy) is 2. The summed E-state index contributed by atoms with van der Waals surface area (Å²) in [6.07, 6.45) is -0.258. The van der Waals surface area contributed by atoms with Crippen molar-refractivity contribution in [3.8, 4) is 0 Å². The van der Waals surface area contributed by atoms with E-state index in [0.29, 0.717) is 19.4 Å². The third-order valence-corrected chi connectivity index (χ3v) is 4.83. The topological polar surface area (TPSA) is 88.1 Å². The van der Waals surface area contributed by atoms with Crippen LogP contribution in [-0.2, 0) is 16.1 Å². The number of likely N-dealkylation sites (tertiary alicyclic amines) is 1. The summed E-state index contributed by atoms with van der Waals surface area (Å²) in [4.78, 5) is 26.3. The Morgan fingerprint density at radius 2 is 1.76 bits per heavy atom. The Kier molecular flexibility index (Phi) is 7.47. The highest BCUT2D eigenvalue weighted by Gasteiger charge is 2.35. The Morgan fingerprint density at radius 1 is 1.07 bits per heavy atom. The second-order valence-corrected chi connectivity index (χ2v) is 6.86. The Labute approximate surface area is 170 Å². The lowest BCUT2D eigenvalue weighted by Crippen LogP contribution is -2.44. The molecule has 0 radical (unpaired) electrons. The Bertz CT molecular complexity index is 784. The number of benzene rings is 2. The minimum Gasteiger partial charge on any atom is -0.446 e. The van der Waals surface area contributed by atoms with Gasteiger partial charge in [0.25, 0.3) is 0 Å². The van der Waals surface area contributed by atoms with Crippen molar-refractivity contribution in [3.05, 3.63) is 71.8 Å². The van der Waals surface area contributed by atoms with Gasteiger partial charge in [-0.25, -0.2) is 9.59 Å². The van der Waals surface area contributed by atoms with E-state index < -0.39 is 6.09 Å². The van der Waals surface area contributed by atoms with Crippen molar-refractivity contribution < 1.29 is 24.2 Å². The first-order valence-corrected chi connectivity index (χ1v) is 9.75. The van der Waals surface area contributed by atoms with Crippen molar-refractivity contribution in [1.82, 2.24) is 10.2 Å². The quantitative estimate of drug-likeness (QED) is 0.780. The van der Waals surface area contributed by atoms with Gasteiger partial charge < -0.3 is 24.8 Å². The molecule has 1 aliphatic rings. The number of hydrogen-bond donors (Lipinski definition) is 2. The number of rotatable bonds is 6. The van der Waals surface area contributed by atoms with E-state index in [-0.39, 0.29) is 38.0 Å². The highest BCUT2D eigenvalue weighted by atomic mass is 16.6. The largest absolute Gasteiger partial charge is 0.446 e. The monoisotopic (exact) mass is 398 g/mol. The number of alkyl carbamates (subject to hydrolysis) is 1. The zero-order chi connectivity index (χ0) is 20.5. The molecule has 2 aromatic carbocycles. The van der Waals surface area contributed by atoms with Crippen LogP contribution in [0.5, 0.6) is 0 Å². The maximum Gasteiger partial charge on any atom is 0.410 e. The first kappa shape index (κ1) is 20.7. The summed E-state index contributed by atoms with van der Waals surface area (Å²) in [5, 5.41) is 11.3. The smallest absolute Gasteiger partial charge is 0.410 e. The fraction of sp³-hybridized carbons (Fsp3) is 0.364. The first-order chi connectivity index (χ1) is 14.2. The van der Waals surface area contributed by atoms with Crippen LogP contribution in [-0.4, -0.2) is 48.0 Å². The van der Waals surface area contributed by atoms with Gasteiger partial charge in [0.05, 0.1) is 12.6 Å². The lowest BCUT2D eigenvalue weighted by Gasteiger charge is -2.38. The summed E-state index contributed by atoms with van der Waals surface area (Å²) in [7, 11) is 0. The second kappa shape index (κ2) is 10.5. The molecule has 2 aromatic rings. The number of carbonyl (C=O) groups is 2. The Morgan fingerprint density at radius 3 is 2.45 bits per heavy atom. The van der Waals surface area contributed by atoms with Gasteiger partial charge in [0.15, 0.2) is 0 Å². The molecule has 0 aliphatic carbocycles. The van der Waals surface area contributed by atoms with E-state index in [1.165, 1.54) is 0 Å². The van der Waals surface area contributed by atoms with Crippen LogP contribution in [0.2, 0.25) is 0 Å². The molecule has 2 N–H and O–H groups in total. The van der Waals surface area contributed by atoms with Gasteiger partial charge in [-0.1, -0.05) is 60.7 Å². The SMILES string of the molecule is O=C(NCCO)OC1CCN(C(=O)OCc2ccccc2)C(c2ccccc2)C1. The van der Waals surface area contributed by atoms with Crippen LogP contribution in [0, 0.1) is 0 Å². The molecule has 29 heavy (non-hydrogen) atoms. The van der Waals surface area contributed by atoms with Crippen LogP contribution >= 0.6 is 0 Å². The molecule has 2 atom stereocenters. The molecule has 1 aliphatic heterocycles. The maximum atomic E-state index is 12.8. The Balaban J connectivity index is 1.66. The number of carbonyl (C=O) groups excluding carboxylic acids is 2. The van der Waals surface area contributed by atoms with E-state index >= 15 is 0 Å². The van der Waals surface area contributed by atoms with Crippen LogP contribution in [0.3, 0.4) is 0 Å². The highest BCUT2D eigenvalue weighted by Crippen LogP contribution is 2.33. The van der Waals surface area contributed by atoms with Crippen molar-refractivity contribution in [2.45, 2.75) is 31.6 Å². The van der Waals surface area contributed by atoms with Gasteiger partial charge in [-0.3, -0.25) is 0 Å². The summed E-state index contributed by atoms with van der Waals surface area (Å²) in [6, 6.07) is 19.0. The van der Waals surface area contributed by atoms with Crippen molar-refractivity contribution in [1.29, 1.82) is 0 Å². The van der Waals surface area contributed by atoms with E-state index in [4.69, 9.17) is 14.6 Å². The molecule has 1 saturated heterocycles. The van der Waals surface area contributed by atoms with Gasteiger partial charge in [0.1, 0.15) is 12.7 Å². The number of nitrogens with zero attached hydrogens (tertiary/aromatic N) is 1. The first-order valence-electron chi connectivity index (χ1n) is 9.75. The molecule has 2 unspecified atom stereocenters. The molecule has 0 bridgehead atoms. The molecule has 7 nitrogen and oxygen atoms in total. The predicted molar refractivity (Wildman–Crippen MR) is 107 cm³/mol. The minimum atomic E-state index is -0.559. The van der Waals surface area contributed by atoms with E-state index in [9.17, 15) is 9.59 Å². The number of aliphatic hydroxyl groups excluding tert-OH is 1. The van der Waals surface area contributed by atoms with Gasteiger partial charge in [-0.15, -0.1) is 0 Å². The summed E-state index contributed by atoms with van der Waals surface area (Å²) in [6.45, 7) is 0.630. The average Bonchev–Trinajstić information content (AvgIpc) is 2.77. The fourth-order valence-corrected chi connectivity index (χ4v) is 3.40. The molecule has 0 aromatic heterocycles. The summed E-state index contributed by atoms with van der Waals surface area (Å²) in [5.74, 6) is 0. The van der Waals surface area contributed by atoms with Crippen LogP contribution in [0.1, 0.15) is 30.0 Å². The lowest BCUT2D eigenvalue weighted by molar-refractivity contribution is 0.0143. The molecule has 0 saturated carbocycles. The molecule has 1 heterocycles. The maximum absolute atomic E-state index is 12.8. The van der Waals surface area contributed by atoms with Crippen LogP contribution in [0.4, 0.5) is 9.59 Å². The summed E-state index contributed by atoms with van der Waals surface area (Å²) >= 11 is 0. The molecule has 0 spiro atoms. The van der Waals surface area contributed by atoms with E-state index in [2.05, 4.69) is 5.32 Å². The van der Waals surface area contributed by atoms with Gasteiger partial charge in [-0.05, 0) is 11.1 Å². The Hall–Kier alpha value is -3.06. The van der Waals surface area contributed by atoms with Crippen molar-refractivity contribution in [2.75, 3.05) is 19.7 Å². The normalized spacial score (nSPS) is 18.7. The standard InChI is InChI=1S/C22H26N2O5/c25-14-12-23-21(26)29-19-11-13-24(20(15-19)18-9-5-2-6-10-18)22(27)28-16-17-7-3-1-4-8-17/h1-10,19-20,25H,11-16H2,(H,23,26). The molecule has 2 amide bonds. The van der Waals surface area contributed by atoms with Gasteiger partial charge >= 0.3 is 12.2 Å². The van der Waals surface area contributed by atoms with Crippen molar-refractivity contribution in [3.63, 3.8) is 0 Å². The lowest BCUT2D eigenvalue weighted by atomic mass is 9.93. The zero-order valence-corrected chi connectivity index (χ0v) is 16.2. The van der Waals surface area contributed by atoms with Crippen LogP contribution in [0.25, 0.3) is 0 Å². The fourth-order valence-electron chi connectivity index (χ4n) is 3.40. The van der Waals surface area contributed by atoms with E-state index in [0.717, 1.165) is 11.1 Å². The van der Waals surface area contributed by atoms with Crippen molar-refractivity contribution >= 4 is 12.2 Å². The van der Waals surface area contributed by atoms with E-state index in [1.807, 2.05) is 60.7 Å². The molecular weight excluding hydrogens is 372 g/mol.